The number of aromatic nitrogens is 2. The summed E-state index contributed by atoms with van der Waals surface area (Å²) in [4.78, 5) is 0. The lowest BCUT2D eigenvalue weighted by molar-refractivity contribution is 0.872. The summed E-state index contributed by atoms with van der Waals surface area (Å²) in [6.45, 7) is 0.822. The molecule has 0 radical (unpaired) electrons. The molecule has 0 unspecified atom stereocenters. The van der Waals surface area contributed by atoms with Crippen molar-refractivity contribution in [1.82, 2.24) is 9.13 Å². The van der Waals surface area contributed by atoms with Crippen LogP contribution >= 0.6 is 0 Å². The summed E-state index contributed by atoms with van der Waals surface area (Å²) < 4.78 is 4.99. The summed E-state index contributed by atoms with van der Waals surface area (Å²) in [5, 5.41) is 10.3. The average molecular weight is 673 g/mol. The fraction of sp³-hybridized carbons (Fsp3) is 0.0196. The molecule has 0 N–H and O–H groups in total. The molecule has 2 heterocycles. The summed E-state index contributed by atoms with van der Waals surface area (Å²) in [5.74, 6) is 0. The molecule has 1 aliphatic carbocycles. The number of rotatable bonds is 4. The van der Waals surface area contributed by atoms with Gasteiger partial charge in [-0.1, -0.05) is 146 Å². The van der Waals surface area contributed by atoms with Gasteiger partial charge in [-0.3, -0.25) is 0 Å². The van der Waals surface area contributed by atoms with E-state index in [4.69, 9.17) is 0 Å². The summed E-state index contributed by atoms with van der Waals surface area (Å²) in [6, 6.07) is 67.4. The van der Waals surface area contributed by atoms with Crippen LogP contribution in [0.1, 0.15) is 5.56 Å². The van der Waals surface area contributed by atoms with E-state index in [0.29, 0.717) is 0 Å². The van der Waals surface area contributed by atoms with Gasteiger partial charge in [-0.05, 0) is 86.1 Å². The zero-order valence-corrected chi connectivity index (χ0v) is 28.9. The van der Waals surface area contributed by atoms with Gasteiger partial charge >= 0.3 is 0 Å². The van der Waals surface area contributed by atoms with Crippen LogP contribution in [0.2, 0.25) is 0 Å². The van der Waals surface area contributed by atoms with Gasteiger partial charge in [0, 0.05) is 44.4 Å². The molecule has 0 bridgehead atoms. The second-order valence-corrected chi connectivity index (χ2v) is 14.5. The molecule has 0 spiro atoms. The zero-order chi connectivity index (χ0) is 34.6. The highest BCUT2D eigenvalue weighted by Crippen LogP contribution is 2.49. The topological polar surface area (TPSA) is 9.86 Å². The molecule has 2 aromatic heterocycles. The van der Waals surface area contributed by atoms with Gasteiger partial charge in [0.05, 0.1) is 22.2 Å². The first-order valence-electron chi connectivity index (χ1n) is 18.5. The van der Waals surface area contributed by atoms with Crippen LogP contribution in [-0.4, -0.2) is 9.13 Å². The predicted molar refractivity (Wildman–Crippen MR) is 224 cm³/mol. The Morgan fingerprint density at radius 1 is 0.358 bits per heavy atom. The van der Waals surface area contributed by atoms with Crippen molar-refractivity contribution >= 4 is 65.2 Å². The number of hydrogen-bond acceptors (Lipinski definition) is 0. The smallest absolute Gasteiger partial charge is 0.0574 e. The second-order valence-electron chi connectivity index (χ2n) is 14.5. The maximum atomic E-state index is 2.51. The number of para-hydroxylation sites is 1. The van der Waals surface area contributed by atoms with Gasteiger partial charge in [-0.15, -0.1) is 0 Å². The first-order valence-corrected chi connectivity index (χ1v) is 18.5. The van der Waals surface area contributed by atoms with Crippen LogP contribution < -0.4 is 0 Å². The fourth-order valence-electron chi connectivity index (χ4n) is 9.38. The molecule has 0 saturated carbocycles. The zero-order valence-electron chi connectivity index (χ0n) is 28.9. The molecule has 11 aromatic rings. The molecule has 2 heteroatoms. The largest absolute Gasteiger partial charge is 0.335 e. The lowest BCUT2D eigenvalue weighted by Gasteiger charge is -2.13. The summed E-state index contributed by atoms with van der Waals surface area (Å²) in [6.07, 6.45) is 0. The van der Waals surface area contributed by atoms with Gasteiger partial charge in [-0.2, -0.15) is 0 Å². The first-order chi connectivity index (χ1) is 26.3. The Morgan fingerprint density at radius 3 is 1.81 bits per heavy atom. The van der Waals surface area contributed by atoms with Crippen molar-refractivity contribution in [2.75, 3.05) is 0 Å². The van der Waals surface area contributed by atoms with Crippen molar-refractivity contribution in [3.05, 3.63) is 188 Å². The first kappa shape index (κ1) is 28.8. The van der Waals surface area contributed by atoms with Crippen molar-refractivity contribution in [3.8, 4) is 39.1 Å². The minimum Gasteiger partial charge on any atom is -0.335 e. The maximum Gasteiger partial charge on any atom is 0.0574 e. The minimum absolute atomic E-state index is 0.822. The third kappa shape index (κ3) is 4.03. The number of fused-ring (bicyclic) bond motifs is 11. The third-order valence-corrected chi connectivity index (χ3v) is 11.7. The second kappa shape index (κ2) is 10.8. The molecule has 0 fully saturated rings. The van der Waals surface area contributed by atoms with Crippen LogP contribution in [0.15, 0.2) is 182 Å². The van der Waals surface area contributed by atoms with Crippen LogP contribution in [0.3, 0.4) is 0 Å². The number of hydrogen-bond donors (Lipinski definition) is 0. The van der Waals surface area contributed by atoms with Crippen molar-refractivity contribution in [3.63, 3.8) is 0 Å². The molecule has 0 saturated heterocycles. The Morgan fingerprint density at radius 2 is 0.981 bits per heavy atom. The standard InChI is InChI=1S/C51H32N2/c1-2-11-32(12-3-1)31-52-46-26-22-34(30-45(46)42-24-21-33-13-4-5-14-36(33)51(42)52)35-23-27-49-44(29-35)39-17-8-9-20-47(39)53(49)48-28-25-41-38-16-7-6-15-37(38)40-18-10-19-43(48)50(40)41/h1-30H,31H2. The normalized spacial score (nSPS) is 12.2. The van der Waals surface area contributed by atoms with E-state index in [9.17, 15) is 0 Å². The minimum atomic E-state index is 0.822. The third-order valence-electron chi connectivity index (χ3n) is 11.7. The molecule has 53 heavy (non-hydrogen) atoms. The Hall–Kier alpha value is -6.90. The average Bonchev–Trinajstić information content (AvgIpc) is 3.85. The molecule has 2 nitrogen and oxygen atoms in total. The quantitative estimate of drug-likeness (QED) is 0.176. The lowest BCUT2D eigenvalue weighted by atomic mass is 10.00. The highest BCUT2D eigenvalue weighted by molar-refractivity contribution is 6.20. The van der Waals surface area contributed by atoms with Gasteiger partial charge < -0.3 is 9.13 Å². The van der Waals surface area contributed by atoms with E-state index in [1.165, 1.54) is 110 Å². The van der Waals surface area contributed by atoms with Gasteiger partial charge in [-0.25, -0.2) is 0 Å². The van der Waals surface area contributed by atoms with E-state index < -0.39 is 0 Å². The molecule has 9 aromatic carbocycles. The van der Waals surface area contributed by atoms with Crippen LogP contribution in [0.25, 0.3) is 104 Å². The molecule has 0 aliphatic heterocycles. The van der Waals surface area contributed by atoms with Crippen LogP contribution in [0.5, 0.6) is 0 Å². The molecule has 1 aliphatic rings. The van der Waals surface area contributed by atoms with Crippen molar-refractivity contribution in [2.24, 2.45) is 0 Å². The number of nitrogens with zero attached hydrogens (tertiary/aromatic N) is 2. The molecule has 0 atom stereocenters. The Balaban J connectivity index is 1.06. The lowest BCUT2D eigenvalue weighted by Crippen LogP contribution is -1.99. The van der Waals surface area contributed by atoms with Crippen molar-refractivity contribution < 1.29 is 0 Å². The van der Waals surface area contributed by atoms with E-state index in [-0.39, 0.29) is 0 Å². The van der Waals surface area contributed by atoms with Crippen LogP contribution in [-0.2, 0) is 6.54 Å². The Bertz CT molecular complexity index is 3280. The van der Waals surface area contributed by atoms with E-state index in [1.807, 2.05) is 0 Å². The summed E-state index contributed by atoms with van der Waals surface area (Å²) >= 11 is 0. The molecular weight excluding hydrogens is 641 g/mol. The van der Waals surface area contributed by atoms with Gasteiger partial charge in [0.15, 0.2) is 0 Å². The van der Waals surface area contributed by atoms with E-state index in [0.717, 1.165) is 6.54 Å². The van der Waals surface area contributed by atoms with Gasteiger partial charge in [0.2, 0.25) is 0 Å². The maximum absolute atomic E-state index is 2.51. The highest BCUT2D eigenvalue weighted by Gasteiger charge is 2.24. The number of benzene rings is 9. The van der Waals surface area contributed by atoms with E-state index in [2.05, 4.69) is 191 Å². The van der Waals surface area contributed by atoms with Crippen LogP contribution in [0.4, 0.5) is 0 Å². The molecule has 0 amide bonds. The van der Waals surface area contributed by atoms with E-state index in [1.54, 1.807) is 0 Å². The molecule has 246 valence electrons. The Labute approximate surface area is 306 Å². The fourth-order valence-corrected chi connectivity index (χ4v) is 9.38. The molecule has 12 rings (SSSR count). The van der Waals surface area contributed by atoms with Crippen molar-refractivity contribution in [2.45, 2.75) is 6.54 Å². The van der Waals surface area contributed by atoms with Gasteiger partial charge in [0.1, 0.15) is 0 Å². The SMILES string of the molecule is c1ccc(Cn2c3ccc(-c4ccc5c(c4)c4ccccc4n5-c4ccc5c6c(cccc46)-c4ccccc4-5)cc3c3ccc4ccccc4c32)cc1. The Kier molecular flexibility index (Phi) is 5.86. The van der Waals surface area contributed by atoms with Gasteiger partial charge in [0.25, 0.3) is 0 Å². The monoisotopic (exact) mass is 672 g/mol. The summed E-state index contributed by atoms with van der Waals surface area (Å²) in [5.41, 5.74) is 15.3. The van der Waals surface area contributed by atoms with Crippen LogP contribution in [0, 0.1) is 0 Å². The highest BCUT2D eigenvalue weighted by atomic mass is 15.0. The van der Waals surface area contributed by atoms with Crippen molar-refractivity contribution in [1.29, 1.82) is 0 Å². The predicted octanol–water partition coefficient (Wildman–Crippen LogP) is 13.6. The van der Waals surface area contributed by atoms with E-state index >= 15 is 0 Å². The summed E-state index contributed by atoms with van der Waals surface area (Å²) in [7, 11) is 0. The molecular formula is C51H32N2.